The molecule has 1 saturated heterocycles. The van der Waals surface area contributed by atoms with E-state index >= 15 is 0 Å². The molecule has 2 N–H and O–H groups in total. The lowest BCUT2D eigenvalue weighted by atomic mass is 9.96. The van der Waals surface area contributed by atoms with Gasteiger partial charge in [0.05, 0.1) is 47.5 Å². The number of nitrogens with one attached hydrogen (secondary N) is 2. The zero-order valence-corrected chi connectivity index (χ0v) is 25.3. The molecule has 208 valence electrons. The monoisotopic (exact) mass is 615 g/mol. The average Bonchev–Trinajstić information content (AvgIpc) is 3.39. The van der Waals surface area contributed by atoms with Crippen LogP contribution in [0.5, 0.6) is 5.75 Å². The van der Waals surface area contributed by atoms with E-state index in [1.54, 1.807) is 24.4 Å². The molecule has 12 heteroatoms. The number of hydrogen-bond donors (Lipinski definition) is 2. The molecule has 2 aromatic heterocycles. The summed E-state index contributed by atoms with van der Waals surface area (Å²) in [6.45, 7) is 4.05. The van der Waals surface area contributed by atoms with Crippen molar-refractivity contribution in [3.63, 3.8) is 0 Å². The number of benzene rings is 2. The Morgan fingerprint density at radius 3 is 2.50 bits per heavy atom. The molecule has 2 aromatic carbocycles. The molecule has 1 aliphatic rings. The van der Waals surface area contributed by atoms with E-state index in [0.717, 1.165) is 34.6 Å². The van der Waals surface area contributed by atoms with Crippen LogP contribution in [0.2, 0.25) is 10.0 Å². The Hall–Kier alpha value is -3.31. The lowest BCUT2D eigenvalue weighted by Gasteiger charge is -2.29. The fourth-order valence-electron chi connectivity index (χ4n) is 5.19. The van der Waals surface area contributed by atoms with Gasteiger partial charge in [-0.3, -0.25) is 9.71 Å². The van der Waals surface area contributed by atoms with Crippen LogP contribution in [0.15, 0.2) is 66.9 Å². The first-order valence-corrected chi connectivity index (χ1v) is 15.3. The Morgan fingerprint density at radius 1 is 1.07 bits per heavy atom. The minimum atomic E-state index is -3.56. The van der Waals surface area contributed by atoms with Crippen LogP contribution >= 0.6 is 35.4 Å². The summed E-state index contributed by atoms with van der Waals surface area (Å²) in [7, 11) is -2.07. The maximum absolute atomic E-state index is 12.1. The van der Waals surface area contributed by atoms with Crippen molar-refractivity contribution in [2.24, 2.45) is 0 Å². The molecule has 5 rings (SSSR count). The van der Waals surface area contributed by atoms with E-state index in [1.807, 2.05) is 55.1 Å². The first-order chi connectivity index (χ1) is 19.0. The van der Waals surface area contributed by atoms with Crippen LogP contribution in [0.3, 0.4) is 0 Å². The van der Waals surface area contributed by atoms with E-state index in [4.69, 9.17) is 40.2 Å². The lowest BCUT2D eigenvalue weighted by Crippen LogP contribution is -2.29. The van der Waals surface area contributed by atoms with Crippen molar-refractivity contribution in [3.8, 4) is 11.4 Å². The second kappa shape index (κ2) is 10.9. The van der Waals surface area contributed by atoms with Gasteiger partial charge in [0, 0.05) is 28.3 Å². The highest BCUT2D eigenvalue weighted by Crippen LogP contribution is 2.45. The molecule has 40 heavy (non-hydrogen) atoms. The summed E-state index contributed by atoms with van der Waals surface area (Å²) < 4.78 is 34.3. The smallest absolute Gasteiger partial charge is 0.229 e. The van der Waals surface area contributed by atoms with Gasteiger partial charge in [0.2, 0.25) is 10.0 Å². The van der Waals surface area contributed by atoms with Crippen molar-refractivity contribution < 1.29 is 13.2 Å². The Kier molecular flexibility index (Phi) is 7.71. The number of thiocarbonyl (C=S) groups is 1. The molecule has 0 unspecified atom stereocenters. The summed E-state index contributed by atoms with van der Waals surface area (Å²) >= 11 is 18.7. The summed E-state index contributed by atoms with van der Waals surface area (Å²) in [4.78, 5) is 6.61. The predicted octanol–water partition coefficient (Wildman–Crippen LogP) is 6.35. The number of aryl methyl sites for hydroxylation is 1. The summed E-state index contributed by atoms with van der Waals surface area (Å²) in [6, 6.07) is 18.0. The molecule has 4 aromatic rings. The fourth-order valence-corrected chi connectivity index (χ4v) is 6.59. The van der Waals surface area contributed by atoms with Gasteiger partial charge < -0.3 is 19.5 Å². The largest absolute Gasteiger partial charge is 0.495 e. The second-order valence-corrected chi connectivity index (χ2v) is 12.5. The molecular weight excluding hydrogens is 589 g/mol. The van der Waals surface area contributed by atoms with Crippen molar-refractivity contribution in [1.29, 1.82) is 0 Å². The molecule has 1 aliphatic heterocycles. The van der Waals surface area contributed by atoms with Crippen LogP contribution in [0.4, 0.5) is 11.4 Å². The number of halogens is 2. The van der Waals surface area contributed by atoms with Crippen LogP contribution < -0.4 is 19.7 Å². The third kappa shape index (κ3) is 5.36. The van der Waals surface area contributed by atoms with E-state index in [1.165, 1.54) is 7.11 Å². The first kappa shape index (κ1) is 28.2. The number of sulfonamides is 1. The van der Waals surface area contributed by atoms with Gasteiger partial charge in [0.1, 0.15) is 5.75 Å². The van der Waals surface area contributed by atoms with Crippen LogP contribution in [0, 0.1) is 13.8 Å². The van der Waals surface area contributed by atoms with Crippen LogP contribution in [-0.2, 0) is 10.0 Å². The van der Waals surface area contributed by atoms with Gasteiger partial charge in [0.25, 0.3) is 0 Å². The highest BCUT2D eigenvalue weighted by Gasteiger charge is 2.42. The number of rotatable bonds is 7. The average molecular weight is 617 g/mol. The molecule has 0 spiro atoms. The van der Waals surface area contributed by atoms with Gasteiger partial charge in [-0.1, -0.05) is 29.3 Å². The number of pyridine rings is 1. The van der Waals surface area contributed by atoms with Gasteiger partial charge >= 0.3 is 0 Å². The lowest BCUT2D eigenvalue weighted by molar-refractivity contribution is 0.417. The van der Waals surface area contributed by atoms with Crippen LogP contribution in [0.25, 0.3) is 5.69 Å². The van der Waals surface area contributed by atoms with Crippen LogP contribution in [-0.4, -0.2) is 36.4 Å². The predicted molar refractivity (Wildman–Crippen MR) is 165 cm³/mol. The molecule has 1 fully saturated rings. The molecule has 2 atom stereocenters. The Balaban J connectivity index is 1.69. The fraction of sp³-hybridized carbons (Fsp3) is 0.214. The molecule has 0 radical (unpaired) electrons. The number of nitrogens with zero attached hydrogens (tertiary/aromatic N) is 3. The molecule has 3 heterocycles. The van der Waals surface area contributed by atoms with E-state index in [2.05, 4.69) is 25.7 Å². The molecule has 0 saturated carbocycles. The van der Waals surface area contributed by atoms with Gasteiger partial charge in [-0.05, 0) is 86.2 Å². The molecule has 0 aliphatic carbocycles. The molecular formula is C28H27Cl2N5O3S2. The molecule has 8 nitrogen and oxygen atoms in total. The van der Waals surface area contributed by atoms with Gasteiger partial charge in [-0.25, -0.2) is 8.42 Å². The van der Waals surface area contributed by atoms with Gasteiger partial charge in [-0.15, -0.1) is 0 Å². The summed E-state index contributed by atoms with van der Waals surface area (Å²) in [5.74, 6) is 0.389. The third-order valence-electron chi connectivity index (χ3n) is 6.79. The van der Waals surface area contributed by atoms with Gasteiger partial charge in [0.15, 0.2) is 5.11 Å². The first-order valence-electron chi connectivity index (χ1n) is 12.3. The standard InChI is InChI=1S/C28H27Cl2N5O3S2/c1-16-13-20(17(2)34(16)24-10-8-18(29)14-21(24)30)27-26(22-7-5-6-12-31-22)32-28(39)35(27)19-9-11-25(38-3)23(15-19)33-40(4,36)37/h5-15,26-27,33H,1-4H3,(H,32,39)/t26-,27-/m1/s1. The second-order valence-electron chi connectivity index (χ2n) is 9.51. The van der Waals surface area contributed by atoms with Crippen molar-refractivity contribution in [1.82, 2.24) is 14.9 Å². The number of anilines is 2. The third-order valence-corrected chi connectivity index (χ3v) is 8.24. The normalized spacial score (nSPS) is 17.1. The zero-order chi connectivity index (χ0) is 28.8. The minimum Gasteiger partial charge on any atom is -0.495 e. The maximum Gasteiger partial charge on any atom is 0.229 e. The van der Waals surface area contributed by atoms with E-state index in [-0.39, 0.29) is 12.1 Å². The van der Waals surface area contributed by atoms with E-state index in [0.29, 0.717) is 32.3 Å². The maximum atomic E-state index is 12.1. The molecule has 0 bridgehead atoms. The topological polar surface area (TPSA) is 88.5 Å². The van der Waals surface area contributed by atoms with Crippen molar-refractivity contribution in [2.45, 2.75) is 25.9 Å². The quantitative estimate of drug-likeness (QED) is 0.234. The van der Waals surface area contributed by atoms with Crippen LogP contribution in [0.1, 0.15) is 34.7 Å². The summed E-state index contributed by atoms with van der Waals surface area (Å²) in [6.07, 6.45) is 2.84. The SMILES string of the molecule is COc1ccc(N2C(=S)N[C@H](c3ccccn3)[C@H]2c2cc(C)n(-c3ccc(Cl)cc3Cl)c2C)cc1NS(C)(=O)=O. The van der Waals surface area contributed by atoms with Crippen molar-refractivity contribution >= 4 is 61.9 Å². The molecule has 0 amide bonds. The van der Waals surface area contributed by atoms with Gasteiger partial charge in [-0.2, -0.15) is 0 Å². The minimum absolute atomic E-state index is 0.295. The number of aromatic nitrogens is 2. The summed E-state index contributed by atoms with van der Waals surface area (Å²) in [5, 5.41) is 5.02. The zero-order valence-electron chi connectivity index (χ0n) is 22.1. The highest BCUT2D eigenvalue weighted by atomic mass is 35.5. The highest BCUT2D eigenvalue weighted by molar-refractivity contribution is 7.92. The Labute approximate surface area is 248 Å². The number of ether oxygens (including phenoxy) is 1. The van der Waals surface area contributed by atoms with E-state index < -0.39 is 10.0 Å². The number of hydrogen-bond acceptors (Lipinski definition) is 5. The van der Waals surface area contributed by atoms with Crippen molar-refractivity contribution in [3.05, 3.63) is 99.6 Å². The van der Waals surface area contributed by atoms with Crippen molar-refractivity contribution in [2.75, 3.05) is 23.0 Å². The van der Waals surface area contributed by atoms with E-state index in [9.17, 15) is 8.42 Å². The number of methoxy groups -OCH3 is 1. The Bertz CT molecular complexity index is 1710. The summed E-state index contributed by atoms with van der Waals surface area (Å²) in [5.41, 5.74) is 5.56. The Morgan fingerprint density at radius 2 is 1.85 bits per heavy atom.